The van der Waals surface area contributed by atoms with Gasteiger partial charge in [-0.25, -0.2) is 0 Å². The summed E-state index contributed by atoms with van der Waals surface area (Å²) in [6, 6.07) is 0. The number of hydrogen-bond acceptors (Lipinski definition) is 3. The second-order valence-corrected chi connectivity index (χ2v) is 6.32. The monoisotopic (exact) mass is 301 g/mol. The molecule has 0 saturated heterocycles. The molecule has 21 heavy (non-hydrogen) atoms. The quantitative estimate of drug-likeness (QED) is 0.260. The van der Waals surface area contributed by atoms with Crippen molar-refractivity contribution in [1.82, 2.24) is 0 Å². The van der Waals surface area contributed by atoms with Crippen LogP contribution in [0.3, 0.4) is 0 Å². The van der Waals surface area contributed by atoms with Crippen LogP contribution in [0.4, 0.5) is 0 Å². The number of nitro groups is 1. The first-order chi connectivity index (χ1) is 10.1. The van der Waals surface area contributed by atoms with Crippen molar-refractivity contribution in [3.8, 4) is 0 Å². The van der Waals surface area contributed by atoms with Gasteiger partial charge in [0, 0.05) is 17.8 Å². The fraction of sp³-hybridized carbons (Fsp3) is 1.00. The molecule has 4 nitrogen and oxygen atoms in total. The summed E-state index contributed by atoms with van der Waals surface area (Å²) >= 11 is 0. The van der Waals surface area contributed by atoms with Gasteiger partial charge in [0.05, 0.1) is 0 Å². The van der Waals surface area contributed by atoms with E-state index in [-0.39, 0.29) is 11.5 Å². The van der Waals surface area contributed by atoms with Crippen LogP contribution in [-0.4, -0.2) is 22.2 Å². The zero-order chi connectivity index (χ0) is 16.0. The predicted octanol–water partition coefficient (Wildman–Crippen LogP) is 5.11. The maximum absolute atomic E-state index is 11.4. The van der Waals surface area contributed by atoms with Crippen LogP contribution in [0.25, 0.3) is 0 Å². The van der Waals surface area contributed by atoms with Crippen LogP contribution in [-0.2, 0) is 0 Å². The first kappa shape index (κ1) is 20.4. The summed E-state index contributed by atoms with van der Waals surface area (Å²) < 4.78 is 0. The number of rotatable bonds is 15. The zero-order valence-electron chi connectivity index (χ0n) is 14.1. The lowest BCUT2D eigenvalue weighted by molar-refractivity contribution is -0.576. The summed E-state index contributed by atoms with van der Waals surface area (Å²) in [5, 5.41) is 20.9. The molecule has 1 atom stereocenters. The fourth-order valence-electron chi connectivity index (χ4n) is 2.82. The van der Waals surface area contributed by atoms with E-state index in [4.69, 9.17) is 0 Å². The molecule has 0 amide bonds. The van der Waals surface area contributed by atoms with Crippen molar-refractivity contribution in [3.63, 3.8) is 0 Å². The molecule has 0 saturated carbocycles. The van der Waals surface area contributed by atoms with Crippen molar-refractivity contribution in [3.05, 3.63) is 10.1 Å². The minimum Gasteiger partial charge on any atom is -0.389 e. The van der Waals surface area contributed by atoms with Gasteiger partial charge in [-0.2, -0.15) is 0 Å². The number of hydrogen-bond donors (Lipinski definition) is 1. The average Bonchev–Trinajstić information content (AvgIpc) is 2.48. The fourth-order valence-corrected chi connectivity index (χ4v) is 2.82. The van der Waals surface area contributed by atoms with Crippen molar-refractivity contribution in [2.24, 2.45) is 0 Å². The van der Waals surface area contributed by atoms with Crippen LogP contribution in [0, 0.1) is 10.1 Å². The average molecular weight is 301 g/mol. The summed E-state index contributed by atoms with van der Waals surface area (Å²) in [6.45, 7) is 4.01. The standard InChI is InChI=1S/C17H35NO3/c1-3-5-7-9-10-11-13-15-17(16-19,18(20)21)14-12-8-6-4-2/h19H,3-16H2,1-2H3. The van der Waals surface area contributed by atoms with Crippen LogP contribution in [0.1, 0.15) is 97.3 Å². The molecule has 0 heterocycles. The highest BCUT2D eigenvalue weighted by Crippen LogP contribution is 2.26. The molecule has 0 aromatic carbocycles. The third-order valence-corrected chi connectivity index (χ3v) is 4.42. The van der Waals surface area contributed by atoms with Crippen molar-refractivity contribution < 1.29 is 10.0 Å². The molecule has 0 aliphatic heterocycles. The molecule has 4 heteroatoms. The van der Waals surface area contributed by atoms with E-state index in [9.17, 15) is 15.2 Å². The summed E-state index contributed by atoms with van der Waals surface area (Å²) in [6.07, 6.45) is 13.3. The Hall–Kier alpha value is -0.640. The van der Waals surface area contributed by atoms with Gasteiger partial charge in [0.15, 0.2) is 0 Å². The maximum Gasteiger partial charge on any atom is 0.244 e. The van der Waals surface area contributed by atoms with Crippen LogP contribution in [0.5, 0.6) is 0 Å². The van der Waals surface area contributed by atoms with Crippen LogP contribution in [0.15, 0.2) is 0 Å². The molecular formula is C17H35NO3. The highest BCUT2D eigenvalue weighted by atomic mass is 16.6. The van der Waals surface area contributed by atoms with Crippen molar-refractivity contribution >= 4 is 0 Å². The Balaban J connectivity index is 4.02. The largest absolute Gasteiger partial charge is 0.389 e. The van der Waals surface area contributed by atoms with E-state index in [1.54, 1.807) is 0 Å². The molecule has 126 valence electrons. The van der Waals surface area contributed by atoms with Gasteiger partial charge < -0.3 is 5.11 Å². The van der Waals surface area contributed by atoms with Gasteiger partial charge >= 0.3 is 0 Å². The Morgan fingerprint density at radius 2 is 1.19 bits per heavy atom. The summed E-state index contributed by atoms with van der Waals surface area (Å²) in [7, 11) is 0. The molecule has 0 rings (SSSR count). The molecule has 1 unspecified atom stereocenters. The molecule has 0 aliphatic carbocycles. The second-order valence-electron chi connectivity index (χ2n) is 6.32. The molecule has 0 fully saturated rings. The third kappa shape index (κ3) is 9.07. The second kappa shape index (κ2) is 13.1. The molecule has 0 aromatic rings. The van der Waals surface area contributed by atoms with Crippen LogP contribution >= 0.6 is 0 Å². The van der Waals surface area contributed by atoms with E-state index < -0.39 is 5.54 Å². The maximum atomic E-state index is 11.4. The van der Waals surface area contributed by atoms with Crippen molar-refractivity contribution in [2.45, 2.75) is 103 Å². The van der Waals surface area contributed by atoms with E-state index in [0.717, 1.165) is 44.9 Å². The van der Waals surface area contributed by atoms with Gasteiger partial charge in [-0.3, -0.25) is 10.1 Å². The van der Waals surface area contributed by atoms with Gasteiger partial charge in [0.1, 0.15) is 6.61 Å². The van der Waals surface area contributed by atoms with E-state index in [1.165, 1.54) is 25.7 Å². The summed E-state index contributed by atoms with van der Waals surface area (Å²) in [4.78, 5) is 11.1. The Morgan fingerprint density at radius 3 is 1.57 bits per heavy atom. The predicted molar refractivity (Wildman–Crippen MR) is 88.2 cm³/mol. The normalized spacial score (nSPS) is 14.0. The third-order valence-electron chi connectivity index (χ3n) is 4.42. The molecule has 0 spiro atoms. The highest BCUT2D eigenvalue weighted by Gasteiger charge is 2.40. The van der Waals surface area contributed by atoms with Gasteiger partial charge in [0.25, 0.3) is 0 Å². The van der Waals surface area contributed by atoms with E-state index in [2.05, 4.69) is 13.8 Å². The number of nitrogens with zero attached hydrogens (tertiary/aromatic N) is 1. The lowest BCUT2D eigenvalue weighted by atomic mass is 9.87. The summed E-state index contributed by atoms with van der Waals surface area (Å²) in [5.74, 6) is 0. The SMILES string of the molecule is CCCCCCCCCC(CO)(CCCCCC)[N+](=O)[O-]. The Kier molecular flexibility index (Phi) is 12.7. The Morgan fingerprint density at radius 1 is 0.810 bits per heavy atom. The van der Waals surface area contributed by atoms with Crippen LogP contribution in [0.2, 0.25) is 0 Å². The molecule has 0 radical (unpaired) electrons. The number of aliphatic hydroxyl groups excluding tert-OH is 1. The van der Waals surface area contributed by atoms with Crippen molar-refractivity contribution in [2.75, 3.05) is 6.61 Å². The first-order valence-corrected chi connectivity index (χ1v) is 8.88. The van der Waals surface area contributed by atoms with E-state index >= 15 is 0 Å². The number of unbranched alkanes of at least 4 members (excludes halogenated alkanes) is 9. The van der Waals surface area contributed by atoms with Gasteiger partial charge in [-0.1, -0.05) is 71.6 Å². The van der Waals surface area contributed by atoms with Gasteiger partial charge in [0.2, 0.25) is 5.54 Å². The molecule has 0 aliphatic rings. The molecule has 1 N–H and O–H groups in total. The topological polar surface area (TPSA) is 63.4 Å². The van der Waals surface area contributed by atoms with Gasteiger partial charge in [-0.15, -0.1) is 0 Å². The molecular weight excluding hydrogens is 266 g/mol. The van der Waals surface area contributed by atoms with Crippen LogP contribution < -0.4 is 0 Å². The lowest BCUT2D eigenvalue weighted by Crippen LogP contribution is -2.42. The molecule has 0 aromatic heterocycles. The first-order valence-electron chi connectivity index (χ1n) is 8.88. The Bertz CT molecular complexity index is 258. The zero-order valence-corrected chi connectivity index (χ0v) is 14.1. The van der Waals surface area contributed by atoms with Gasteiger partial charge in [-0.05, 0) is 12.8 Å². The molecule has 0 bridgehead atoms. The smallest absolute Gasteiger partial charge is 0.244 e. The highest BCUT2D eigenvalue weighted by molar-refractivity contribution is 4.78. The number of aliphatic hydroxyl groups is 1. The minimum atomic E-state index is -1.09. The summed E-state index contributed by atoms with van der Waals surface area (Å²) in [5.41, 5.74) is -1.09. The lowest BCUT2D eigenvalue weighted by Gasteiger charge is -2.23. The van der Waals surface area contributed by atoms with Crippen molar-refractivity contribution in [1.29, 1.82) is 0 Å². The minimum absolute atomic E-state index is 0.226. The van der Waals surface area contributed by atoms with E-state index in [1.807, 2.05) is 0 Å². The Labute approximate surface area is 130 Å². The van der Waals surface area contributed by atoms with E-state index in [0.29, 0.717) is 12.8 Å².